The fourth-order valence-corrected chi connectivity index (χ4v) is 6.55. The van der Waals surface area contributed by atoms with Crippen molar-refractivity contribution < 1.29 is 17.6 Å². The van der Waals surface area contributed by atoms with Crippen molar-refractivity contribution in [3.63, 3.8) is 0 Å². The Balaban J connectivity index is 0.000000222. The van der Waals surface area contributed by atoms with Gasteiger partial charge in [-0.1, -0.05) is 45.8 Å². The van der Waals surface area contributed by atoms with Gasteiger partial charge in [-0.3, -0.25) is 0 Å². The molecular weight excluding hydrogens is 570 g/mol. The molecule has 3 heterocycles. The molecule has 2 aliphatic rings. The van der Waals surface area contributed by atoms with Crippen LogP contribution in [0.15, 0.2) is 91.6 Å². The molecule has 38 heavy (non-hydrogen) atoms. The van der Waals surface area contributed by atoms with Crippen LogP contribution in [0.2, 0.25) is 0 Å². The highest BCUT2D eigenvalue weighted by atomic mass is 79.9. The number of piperidine rings is 1. The third kappa shape index (κ3) is 5.83. The van der Waals surface area contributed by atoms with E-state index in [1.807, 2.05) is 18.2 Å². The van der Waals surface area contributed by atoms with E-state index in [-0.39, 0.29) is 0 Å². The topological polar surface area (TPSA) is 93.0 Å². The maximum atomic E-state index is 12.9. The number of anilines is 1. The fraction of sp³-hybridized carbons (Fsp3) is 0.286. The summed E-state index contributed by atoms with van der Waals surface area (Å²) in [6, 6.07) is 20.9. The molecule has 4 aromatic rings. The molecule has 1 fully saturated rings. The molecule has 0 unspecified atom stereocenters. The van der Waals surface area contributed by atoms with Crippen LogP contribution in [0.5, 0.6) is 0 Å². The lowest BCUT2D eigenvalue weighted by atomic mass is 10.0. The zero-order chi connectivity index (χ0) is 26.7. The van der Waals surface area contributed by atoms with Crippen molar-refractivity contribution in [2.24, 2.45) is 0 Å². The number of benzene rings is 3. The van der Waals surface area contributed by atoms with Crippen LogP contribution in [0.3, 0.4) is 0 Å². The van der Waals surface area contributed by atoms with E-state index < -0.39 is 15.8 Å². The van der Waals surface area contributed by atoms with Gasteiger partial charge in [0.2, 0.25) is 10.0 Å². The van der Waals surface area contributed by atoms with Gasteiger partial charge in [0, 0.05) is 40.2 Å². The molecular formula is C28H28BrN3O5S. The van der Waals surface area contributed by atoms with Crippen molar-refractivity contribution in [1.82, 2.24) is 9.29 Å². The third-order valence-corrected chi connectivity index (χ3v) is 9.22. The summed E-state index contributed by atoms with van der Waals surface area (Å²) in [5.74, 6) is -0.552. The molecule has 10 heteroatoms. The Morgan fingerprint density at radius 1 is 1.00 bits per heavy atom. The number of halogens is 1. The van der Waals surface area contributed by atoms with Gasteiger partial charge >= 0.3 is 5.76 Å². The Labute approximate surface area is 230 Å². The molecule has 1 aromatic heterocycles. The van der Waals surface area contributed by atoms with Crippen molar-refractivity contribution in [2.45, 2.75) is 37.3 Å². The summed E-state index contributed by atoms with van der Waals surface area (Å²) in [7, 11) is -3.44. The average molecular weight is 599 g/mol. The van der Waals surface area contributed by atoms with Crippen molar-refractivity contribution in [3.8, 4) is 0 Å². The van der Waals surface area contributed by atoms with Gasteiger partial charge in [0.15, 0.2) is 0 Å². The molecule has 0 bridgehead atoms. The summed E-state index contributed by atoms with van der Waals surface area (Å²) in [5, 5.41) is 0.840. The first kappa shape index (κ1) is 26.6. The van der Waals surface area contributed by atoms with Gasteiger partial charge < -0.3 is 14.1 Å². The summed E-state index contributed by atoms with van der Waals surface area (Å²) < 4.78 is 38.6. The monoisotopic (exact) mass is 597 g/mol. The van der Waals surface area contributed by atoms with Crippen molar-refractivity contribution in [1.29, 1.82) is 0 Å². The molecule has 0 N–H and O–H groups in total. The van der Waals surface area contributed by atoms with Crippen LogP contribution in [0, 0.1) is 6.92 Å². The molecule has 0 atom stereocenters. The van der Waals surface area contributed by atoms with E-state index in [2.05, 4.69) is 55.4 Å². The SMILES string of the molecule is Cc1ccc2c(c1)COCN2C1CCN(S(=O)(=O)c2ccc(Br)cc2)CC1.O=c1nc2ccccc2co1. The van der Waals surface area contributed by atoms with E-state index in [0.717, 1.165) is 22.7 Å². The predicted octanol–water partition coefficient (Wildman–Crippen LogP) is 5.09. The van der Waals surface area contributed by atoms with E-state index in [1.165, 1.54) is 23.1 Å². The highest BCUT2D eigenvalue weighted by Crippen LogP contribution is 2.32. The number of sulfonamides is 1. The van der Waals surface area contributed by atoms with Crippen LogP contribution in [0.25, 0.3) is 10.9 Å². The Morgan fingerprint density at radius 3 is 2.50 bits per heavy atom. The quantitative estimate of drug-likeness (QED) is 0.324. The minimum Gasteiger partial charge on any atom is -0.416 e. The second-order valence-electron chi connectivity index (χ2n) is 9.34. The summed E-state index contributed by atoms with van der Waals surface area (Å²) in [4.78, 5) is 16.9. The standard InChI is InChI=1S/C20H23BrN2O3S.C8H5NO2/c1-15-2-7-20-16(12-15)13-26-14-23(20)18-8-10-22(11-9-18)27(24,25)19-5-3-17(21)4-6-19;10-8-9-7-4-2-1-3-6(7)5-11-8/h2-7,12,18H,8-11,13-14H2,1H3;1-5H. The summed E-state index contributed by atoms with van der Waals surface area (Å²) >= 11 is 3.35. The molecule has 1 saturated heterocycles. The highest BCUT2D eigenvalue weighted by Gasteiger charge is 2.33. The third-order valence-electron chi connectivity index (χ3n) is 6.78. The maximum Gasteiger partial charge on any atom is 0.439 e. The number of ether oxygens (including phenoxy) is 1. The number of hydrogen-bond acceptors (Lipinski definition) is 7. The second kappa shape index (κ2) is 11.4. The Hall–Kier alpha value is -3.05. The van der Waals surface area contributed by atoms with Gasteiger partial charge in [0.05, 0.1) is 17.0 Å². The van der Waals surface area contributed by atoms with Gasteiger partial charge in [-0.2, -0.15) is 9.29 Å². The van der Waals surface area contributed by atoms with Gasteiger partial charge in [-0.15, -0.1) is 0 Å². The summed E-state index contributed by atoms with van der Waals surface area (Å²) in [6.07, 6.45) is 3.00. The Bertz CT molecular complexity index is 1580. The van der Waals surface area contributed by atoms with E-state index in [4.69, 9.17) is 4.74 Å². The minimum atomic E-state index is -3.44. The average Bonchev–Trinajstić information content (AvgIpc) is 2.93. The zero-order valence-corrected chi connectivity index (χ0v) is 23.3. The normalized spacial score (nSPS) is 16.5. The van der Waals surface area contributed by atoms with Crippen LogP contribution >= 0.6 is 15.9 Å². The van der Waals surface area contributed by atoms with E-state index in [9.17, 15) is 13.2 Å². The molecule has 8 nitrogen and oxygen atoms in total. The highest BCUT2D eigenvalue weighted by molar-refractivity contribution is 9.10. The lowest BCUT2D eigenvalue weighted by Crippen LogP contribution is -2.48. The summed E-state index contributed by atoms with van der Waals surface area (Å²) in [5.41, 5.74) is 4.34. The smallest absolute Gasteiger partial charge is 0.416 e. The zero-order valence-electron chi connectivity index (χ0n) is 20.9. The van der Waals surface area contributed by atoms with Crippen molar-refractivity contribution in [3.05, 3.63) is 99.1 Å². The summed E-state index contributed by atoms with van der Waals surface area (Å²) in [6.45, 7) is 4.36. The van der Waals surface area contributed by atoms with Gasteiger partial charge in [0.1, 0.15) is 13.0 Å². The lowest BCUT2D eigenvalue weighted by Gasteiger charge is -2.41. The van der Waals surface area contributed by atoms with E-state index in [0.29, 0.717) is 42.9 Å². The second-order valence-corrected chi connectivity index (χ2v) is 12.2. The number of hydrogen-bond donors (Lipinski definition) is 0. The molecule has 0 radical (unpaired) electrons. The van der Waals surface area contributed by atoms with Crippen LogP contribution in [-0.2, 0) is 21.4 Å². The van der Waals surface area contributed by atoms with Gasteiger partial charge in [0.25, 0.3) is 0 Å². The van der Waals surface area contributed by atoms with Crippen LogP contribution in [-0.4, -0.2) is 43.6 Å². The first-order chi connectivity index (χ1) is 18.3. The maximum absolute atomic E-state index is 12.9. The fourth-order valence-electron chi connectivity index (χ4n) is 4.81. The van der Waals surface area contributed by atoms with E-state index in [1.54, 1.807) is 34.6 Å². The molecule has 0 aliphatic carbocycles. The van der Waals surface area contributed by atoms with Gasteiger partial charge in [-0.05, 0) is 62.2 Å². The molecule has 6 rings (SSSR count). The number of nitrogens with zero attached hydrogens (tertiary/aromatic N) is 3. The molecule has 3 aromatic carbocycles. The molecule has 0 spiro atoms. The lowest BCUT2D eigenvalue weighted by molar-refractivity contribution is 0.0987. The van der Waals surface area contributed by atoms with E-state index >= 15 is 0 Å². The Kier molecular flexibility index (Phi) is 7.94. The Morgan fingerprint density at radius 2 is 1.74 bits per heavy atom. The van der Waals surface area contributed by atoms with Gasteiger partial charge in [-0.25, -0.2) is 13.2 Å². The number of aryl methyl sites for hydroxylation is 1. The van der Waals surface area contributed by atoms with Crippen LogP contribution < -0.4 is 10.7 Å². The van der Waals surface area contributed by atoms with Crippen molar-refractivity contribution in [2.75, 3.05) is 24.7 Å². The number of rotatable bonds is 3. The first-order valence-corrected chi connectivity index (χ1v) is 14.6. The number of para-hydroxylation sites is 1. The van der Waals surface area contributed by atoms with Crippen LogP contribution in [0.4, 0.5) is 5.69 Å². The predicted molar refractivity (Wildman–Crippen MR) is 150 cm³/mol. The first-order valence-electron chi connectivity index (χ1n) is 12.4. The molecule has 2 aliphatic heterocycles. The number of fused-ring (bicyclic) bond motifs is 2. The largest absolute Gasteiger partial charge is 0.439 e. The number of aromatic nitrogens is 1. The molecule has 198 valence electrons. The molecule has 0 saturated carbocycles. The van der Waals surface area contributed by atoms with Crippen LogP contribution in [0.1, 0.15) is 24.0 Å². The minimum absolute atomic E-state index is 0.295. The van der Waals surface area contributed by atoms with Crippen molar-refractivity contribution >= 4 is 42.5 Å². The molecule has 0 amide bonds.